The number of rotatable bonds is 5. The van der Waals surface area contributed by atoms with E-state index in [9.17, 15) is 18.0 Å². The molecular formula is C21H21F3N6O. The van der Waals surface area contributed by atoms with Crippen molar-refractivity contribution in [1.29, 1.82) is 0 Å². The van der Waals surface area contributed by atoms with E-state index in [1.165, 1.54) is 23.0 Å². The van der Waals surface area contributed by atoms with Gasteiger partial charge < -0.3 is 4.90 Å². The van der Waals surface area contributed by atoms with Gasteiger partial charge in [-0.05, 0) is 30.3 Å². The molecule has 0 spiro atoms. The second-order valence-corrected chi connectivity index (χ2v) is 7.22. The van der Waals surface area contributed by atoms with E-state index in [1.807, 2.05) is 6.07 Å². The van der Waals surface area contributed by atoms with Gasteiger partial charge in [0.15, 0.2) is 0 Å². The Bertz CT molecular complexity index is 1080. The van der Waals surface area contributed by atoms with E-state index < -0.39 is 11.7 Å². The van der Waals surface area contributed by atoms with Crippen LogP contribution in [0, 0.1) is 0 Å². The molecule has 0 N–H and O–H groups in total. The quantitative estimate of drug-likeness (QED) is 0.620. The van der Waals surface area contributed by atoms with Crippen molar-refractivity contribution in [1.82, 2.24) is 24.6 Å². The Hall–Kier alpha value is -3.27. The highest BCUT2D eigenvalue weighted by Gasteiger charge is 2.36. The molecule has 0 saturated carbocycles. The van der Waals surface area contributed by atoms with E-state index in [4.69, 9.17) is 0 Å². The lowest BCUT2D eigenvalue weighted by molar-refractivity contribution is -0.137. The van der Waals surface area contributed by atoms with Crippen molar-refractivity contribution in [3.8, 4) is 11.3 Å². The number of halogens is 3. The van der Waals surface area contributed by atoms with Gasteiger partial charge in [0.1, 0.15) is 5.82 Å². The predicted octanol–water partition coefficient (Wildman–Crippen LogP) is 2.54. The van der Waals surface area contributed by atoms with Gasteiger partial charge in [0.2, 0.25) is 0 Å². The molecule has 1 fully saturated rings. The molecule has 0 amide bonds. The molecule has 1 aliphatic rings. The van der Waals surface area contributed by atoms with Crippen molar-refractivity contribution in [2.75, 3.05) is 37.6 Å². The smallest absolute Gasteiger partial charge is 0.354 e. The highest BCUT2D eigenvalue weighted by atomic mass is 19.4. The van der Waals surface area contributed by atoms with Crippen molar-refractivity contribution in [2.24, 2.45) is 0 Å². The van der Waals surface area contributed by atoms with Gasteiger partial charge in [0, 0.05) is 62.9 Å². The van der Waals surface area contributed by atoms with Crippen LogP contribution in [-0.2, 0) is 12.7 Å². The number of alkyl halides is 3. The third kappa shape index (κ3) is 4.91. The SMILES string of the molecule is O=c1ccc(-c2cccnc2)nn1CCN1CCN(c2ncccc2C(F)(F)F)CC1. The fraction of sp³-hybridized carbons (Fsp3) is 0.333. The summed E-state index contributed by atoms with van der Waals surface area (Å²) < 4.78 is 41.2. The maximum Gasteiger partial charge on any atom is 0.419 e. The molecule has 4 heterocycles. The van der Waals surface area contributed by atoms with Crippen LogP contribution in [-0.4, -0.2) is 57.4 Å². The zero-order valence-corrected chi connectivity index (χ0v) is 16.7. The average molecular weight is 430 g/mol. The second kappa shape index (κ2) is 8.84. The van der Waals surface area contributed by atoms with Crippen LogP contribution in [0.5, 0.6) is 0 Å². The molecule has 1 saturated heterocycles. The lowest BCUT2D eigenvalue weighted by Crippen LogP contribution is -2.48. The monoisotopic (exact) mass is 430 g/mol. The van der Waals surface area contributed by atoms with Crippen LogP contribution in [0.3, 0.4) is 0 Å². The van der Waals surface area contributed by atoms with Crippen LogP contribution in [0.25, 0.3) is 11.3 Å². The first kappa shape index (κ1) is 21.0. The molecule has 0 radical (unpaired) electrons. The van der Waals surface area contributed by atoms with Crippen molar-refractivity contribution in [3.63, 3.8) is 0 Å². The predicted molar refractivity (Wildman–Crippen MR) is 110 cm³/mol. The van der Waals surface area contributed by atoms with Crippen LogP contribution in [0.2, 0.25) is 0 Å². The van der Waals surface area contributed by atoms with Gasteiger partial charge in [-0.25, -0.2) is 9.67 Å². The van der Waals surface area contributed by atoms with Crippen LogP contribution in [0.4, 0.5) is 19.0 Å². The van der Waals surface area contributed by atoms with E-state index in [2.05, 4.69) is 20.0 Å². The van der Waals surface area contributed by atoms with E-state index >= 15 is 0 Å². The Morgan fingerprint density at radius 3 is 2.42 bits per heavy atom. The lowest BCUT2D eigenvalue weighted by Gasteiger charge is -2.36. The van der Waals surface area contributed by atoms with Gasteiger partial charge in [-0.15, -0.1) is 0 Å². The van der Waals surface area contributed by atoms with Crippen LogP contribution in [0.1, 0.15) is 5.56 Å². The van der Waals surface area contributed by atoms with Crippen molar-refractivity contribution in [3.05, 3.63) is 70.9 Å². The van der Waals surface area contributed by atoms with Gasteiger partial charge in [-0.1, -0.05) is 0 Å². The molecule has 7 nitrogen and oxygen atoms in total. The summed E-state index contributed by atoms with van der Waals surface area (Å²) in [5, 5.41) is 4.42. The standard InChI is InChI=1S/C21H21F3N6O/c22-21(23,24)17-4-2-8-26-20(17)29-12-9-28(10-13-29)11-14-30-19(31)6-5-18(27-30)16-3-1-7-25-15-16/h1-8,15H,9-14H2. The van der Waals surface area contributed by atoms with Crippen LogP contribution >= 0.6 is 0 Å². The number of nitrogens with zero attached hydrogens (tertiary/aromatic N) is 6. The minimum atomic E-state index is -4.44. The zero-order valence-electron chi connectivity index (χ0n) is 16.7. The number of piperazine rings is 1. The summed E-state index contributed by atoms with van der Waals surface area (Å²) in [6.07, 6.45) is 0.294. The molecule has 0 bridgehead atoms. The molecular weight excluding hydrogens is 409 g/mol. The average Bonchev–Trinajstić information content (AvgIpc) is 2.79. The third-order valence-electron chi connectivity index (χ3n) is 5.22. The summed E-state index contributed by atoms with van der Waals surface area (Å²) in [5.41, 5.74) is 0.564. The van der Waals surface area contributed by atoms with Crippen LogP contribution < -0.4 is 10.5 Å². The molecule has 0 aromatic carbocycles. The highest BCUT2D eigenvalue weighted by Crippen LogP contribution is 2.35. The zero-order chi connectivity index (χ0) is 21.8. The van der Waals surface area contributed by atoms with Gasteiger partial charge in [0.25, 0.3) is 5.56 Å². The van der Waals surface area contributed by atoms with Gasteiger partial charge >= 0.3 is 6.18 Å². The number of aromatic nitrogens is 4. The summed E-state index contributed by atoms with van der Waals surface area (Å²) >= 11 is 0. The topological polar surface area (TPSA) is 67.2 Å². The number of anilines is 1. The fourth-order valence-corrected chi connectivity index (χ4v) is 3.57. The maximum atomic E-state index is 13.3. The molecule has 3 aromatic heterocycles. The Balaban J connectivity index is 1.38. The van der Waals surface area contributed by atoms with Crippen LogP contribution in [0.15, 0.2) is 59.8 Å². The Labute approximate surface area is 176 Å². The van der Waals surface area contributed by atoms with Gasteiger partial charge in [-0.3, -0.25) is 14.7 Å². The minimum absolute atomic E-state index is 0.0308. The van der Waals surface area contributed by atoms with Gasteiger partial charge in [0.05, 0.1) is 17.8 Å². The van der Waals surface area contributed by atoms with E-state index in [0.717, 1.165) is 11.6 Å². The summed E-state index contributed by atoms with van der Waals surface area (Å²) in [4.78, 5) is 24.0. The molecule has 1 aliphatic heterocycles. The molecule has 10 heteroatoms. The largest absolute Gasteiger partial charge is 0.419 e. The number of hydrogen-bond acceptors (Lipinski definition) is 6. The van der Waals surface area contributed by atoms with E-state index in [1.54, 1.807) is 29.4 Å². The first-order chi connectivity index (χ1) is 14.9. The number of pyridine rings is 2. The first-order valence-corrected chi connectivity index (χ1v) is 9.90. The highest BCUT2D eigenvalue weighted by molar-refractivity contribution is 5.56. The summed E-state index contributed by atoms with van der Waals surface area (Å²) in [7, 11) is 0. The Morgan fingerprint density at radius 1 is 0.935 bits per heavy atom. The third-order valence-corrected chi connectivity index (χ3v) is 5.22. The summed E-state index contributed by atoms with van der Waals surface area (Å²) in [5.74, 6) is -0.0308. The van der Waals surface area contributed by atoms with Crippen molar-refractivity contribution >= 4 is 5.82 Å². The molecule has 31 heavy (non-hydrogen) atoms. The van der Waals surface area contributed by atoms with E-state index in [-0.39, 0.29) is 11.4 Å². The molecule has 3 aromatic rings. The molecule has 0 atom stereocenters. The van der Waals surface area contributed by atoms with E-state index in [0.29, 0.717) is 45.0 Å². The molecule has 0 aliphatic carbocycles. The normalized spacial score (nSPS) is 15.3. The molecule has 4 rings (SSSR count). The maximum absolute atomic E-state index is 13.3. The first-order valence-electron chi connectivity index (χ1n) is 9.90. The lowest BCUT2D eigenvalue weighted by atomic mass is 10.2. The second-order valence-electron chi connectivity index (χ2n) is 7.22. The summed E-state index contributed by atoms with van der Waals surface area (Å²) in [6, 6.07) is 9.18. The fourth-order valence-electron chi connectivity index (χ4n) is 3.57. The van der Waals surface area contributed by atoms with Crippen molar-refractivity contribution in [2.45, 2.75) is 12.7 Å². The Kier molecular flexibility index (Phi) is 5.99. The Morgan fingerprint density at radius 2 is 1.71 bits per heavy atom. The molecule has 0 unspecified atom stereocenters. The molecule has 162 valence electrons. The summed E-state index contributed by atoms with van der Waals surface area (Å²) in [6.45, 7) is 2.97. The van der Waals surface area contributed by atoms with Gasteiger partial charge in [-0.2, -0.15) is 18.3 Å². The minimum Gasteiger partial charge on any atom is -0.354 e. The number of hydrogen-bond donors (Lipinski definition) is 0. The van der Waals surface area contributed by atoms with Crippen molar-refractivity contribution < 1.29 is 13.2 Å².